The fraction of sp³-hybridized carbons (Fsp3) is 0.222. The van der Waals surface area contributed by atoms with Gasteiger partial charge in [-0.15, -0.1) is 0 Å². The fourth-order valence-electron chi connectivity index (χ4n) is 1.18. The molecule has 112 valence electrons. The maximum Gasteiger partial charge on any atom is 0.333 e. The summed E-state index contributed by atoms with van der Waals surface area (Å²) >= 11 is 0. The summed E-state index contributed by atoms with van der Waals surface area (Å²) < 4.78 is 47.6. The standard InChI is InChI=1S/C9H12N2O7S2/c10-19(15,16)6-2-1-3-7(4-6)20(17,18)11-5-8(12)9(13)14/h1-4,8,11-12H,5H2,(H,13,14)(H2,10,15,16). The summed E-state index contributed by atoms with van der Waals surface area (Å²) in [4.78, 5) is 9.54. The molecule has 0 aliphatic rings. The number of aliphatic hydroxyl groups is 1. The summed E-state index contributed by atoms with van der Waals surface area (Å²) in [7, 11) is -8.23. The largest absolute Gasteiger partial charge is 0.479 e. The third-order valence-electron chi connectivity index (χ3n) is 2.20. The Kier molecular flexibility index (Phi) is 4.83. The molecular weight excluding hydrogens is 312 g/mol. The van der Waals surface area contributed by atoms with Crippen LogP contribution in [-0.4, -0.2) is 45.7 Å². The molecule has 0 amide bonds. The van der Waals surface area contributed by atoms with E-state index < -0.39 is 48.5 Å². The number of carbonyl (C=O) groups is 1. The number of carboxylic acid groups (broad SMARTS) is 1. The van der Waals surface area contributed by atoms with Crippen LogP contribution in [0.1, 0.15) is 0 Å². The SMILES string of the molecule is NS(=O)(=O)c1cccc(S(=O)(=O)NCC(O)C(=O)O)c1. The second-order valence-electron chi connectivity index (χ2n) is 3.73. The van der Waals surface area contributed by atoms with Gasteiger partial charge < -0.3 is 10.2 Å². The highest BCUT2D eigenvalue weighted by molar-refractivity contribution is 7.90. The first kappa shape index (κ1) is 16.5. The zero-order chi connectivity index (χ0) is 15.6. The summed E-state index contributed by atoms with van der Waals surface area (Å²) in [6.45, 7) is -0.753. The van der Waals surface area contributed by atoms with Crippen molar-refractivity contribution < 1.29 is 31.8 Å². The van der Waals surface area contributed by atoms with E-state index in [1.807, 2.05) is 4.72 Å². The minimum atomic E-state index is -4.16. The summed E-state index contributed by atoms with van der Waals surface area (Å²) in [6, 6.07) is 4.21. The Morgan fingerprint density at radius 1 is 1.25 bits per heavy atom. The quantitative estimate of drug-likeness (QED) is 0.472. The van der Waals surface area contributed by atoms with Crippen molar-refractivity contribution in [2.75, 3.05) is 6.54 Å². The first-order valence-corrected chi connectivity index (χ1v) is 8.10. The van der Waals surface area contributed by atoms with E-state index in [1.165, 1.54) is 6.07 Å². The van der Waals surface area contributed by atoms with Crippen LogP contribution in [0.15, 0.2) is 34.1 Å². The zero-order valence-corrected chi connectivity index (χ0v) is 11.6. The highest BCUT2D eigenvalue weighted by Gasteiger charge is 2.20. The fourth-order valence-corrected chi connectivity index (χ4v) is 2.90. The Balaban J connectivity index is 3.02. The van der Waals surface area contributed by atoms with Gasteiger partial charge in [0.05, 0.1) is 9.79 Å². The normalized spacial score (nSPS) is 13.9. The Labute approximate surface area is 115 Å². The zero-order valence-electron chi connectivity index (χ0n) is 9.92. The topological polar surface area (TPSA) is 164 Å². The number of nitrogens with one attached hydrogen (secondary N) is 1. The predicted octanol–water partition coefficient (Wildman–Crippen LogP) is -1.94. The van der Waals surface area contributed by atoms with Gasteiger partial charge in [-0.2, -0.15) is 0 Å². The van der Waals surface area contributed by atoms with E-state index in [1.54, 1.807) is 0 Å². The average molecular weight is 324 g/mol. The molecule has 9 nitrogen and oxygen atoms in total. The van der Waals surface area contributed by atoms with E-state index in [4.69, 9.17) is 15.4 Å². The van der Waals surface area contributed by atoms with Gasteiger partial charge in [0, 0.05) is 6.54 Å². The van der Waals surface area contributed by atoms with E-state index in [0.29, 0.717) is 0 Å². The number of carboxylic acids is 1. The van der Waals surface area contributed by atoms with Gasteiger partial charge in [-0.05, 0) is 18.2 Å². The van der Waals surface area contributed by atoms with Gasteiger partial charge in [-0.25, -0.2) is 31.5 Å². The molecule has 0 aliphatic heterocycles. The molecule has 1 aromatic carbocycles. The number of primary sulfonamides is 1. The van der Waals surface area contributed by atoms with Crippen LogP contribution in [0.3, 0.4) is 0 Å². The number of nitrogens with two attached hydrogens (primary N) is 1. The second-order valence-corrected chi connectivity index (χ2v) is 7.05. The molecule has 0 fully saturated rings. The molecule has 20 heavy (non-hydrogen) atoms. The van der Waals surface area contributed by atoms with Crippen LogP contribution >= 0.6 is 0 Å². The van der Waals surface area contributed by atoms with E-state index in [2.05, 4.69) is 0 Å². The molecule has 1 rings (SSSR count). The lowest BCUT2D eigenvalue weighted by Crippen LogP contribution is -2.36. The third-order valence-corrected chi connectivity index (χ3v) is 4.53. The highest BCUT2D eigenvalue weighted by Crippen LogP contribution is 2.14. The van der Waals surface area contributed by atoms with Gasteiger partial charge in [0.1, 0.15) is 0 Å². The van der Waals surface area contributed by atoms with E-state index in [9.17, 15) is 21.6 Å². The van der Waals surface area contributed by atoms with Crippen LogP contribution < -0.4 is 9.86 Å². The molecule has 0 aliphatic carbocycles. The Hall–Kier alpha value is -1.53. The van der Waals surface area contributed by atoms with E-state index in [-0.39, 0.29) is 0 Å². The molecule has 0 aromatic heterocycles. The van der Waals surface area contributed by atoms with Gasteiger partial charge in [0.25, 0.3) is 0 Å². The number of aliphatic hydroxyl groups excluding tert-OH is 1. The second kappa shape index (κ2) is 5.85. The number of hydrogen-bond acceptors (Lipinski definition) is 6. The monoisotopic (exact) mass is 324 g/mol. The van der Waals surface area contributed by atoms with Gasteiger partial charge >= 0.3 is 5.97 Å². The van der Waals surface area contributed by atoms with Gasteiger partial charge in [-0.1, -0.05) is 6.07 Å². The number of rotatable bonds is 6. The van der Waals surface area contributed by atoms with Gasteiger partial charge in [0.2, 0.25) is 20.0 Å². The van der Waals surface area contributed by atoms with Gasteiger partial charge in [0.15, 0.2) is 6.10 Å². The van der Waals surface area contributed by atoms with Crippen LogP contribution in [0.25, 0.3) is 0 Å². The van der Waals surface area contributed by atoms with Gasteiger partial charge in [-0.3, -0.25) is 0 Å². The van der Waals surface area contributed by atoms with Crippen molar-refractivity contribution in [1.82, 2.24) is 4.72 Å². The predicted molar refractivity (Wildman–Crippen MR) is 66.6 cm³/mol. The lowest BCUT2D eigenvalue weighted by molar-refractivity contribution is -0.146. The number of benzene rings is 1. The van der Waals surface area contributed by atoms with E-state index >= 15 is 0 Å². The molecule has 0 saturated carbocycles. The number of sulfonamides is 2. The van der Waals surface area contributed by atoms with Crippen molar-refractivity contribution >= 4 is 26.0 Å². The summed E-state index contributed by atoms with van der Waals surface area (Å²) in [6.07, 6.45) is -1.91. The lowest BCUT2D eigenvalue weighted by Gasteiger charge is -2.09. The smallest absolute Gasteiger partial charge is 0.333 e. The lowest BCUT2D eigenvalue weighted by atomic mass is 10.4. The summed E-state index contributed by atoms with van der Waals surface area (Å²) in [5.41, 5.74) is 0. The molecule has 0 bridgehead atoms. The maximum absolute atomic E-state index is 11.8. The molecule has 0 heterocycles. The van der Waals surface area contributed by atoms with Crippen molar-refractivity contribution in [3.8, 4) is 0 Å². The molecule has 1 atom stereocenters. The molecule has 1 unspecified atom stereocenters. The van der Waals surface area contributed by atoms with E-state index in [0.717, 1.165) is 18.2 Å². The molecule has 11 heteroatoms. The average Bonchev–Trinajstić information content (AvgIpc) is 2.35. The molecule has 0 spiro atoms. The van der Waals surface area contributed by atoms with Crippen LogP contribution in [-0.2, 0) is 24.8 Å². The van der Waals surface area contributed by atoms with Crippen molar-refractivity contribution in [3.05, 3.63) is 24.3 Å². The maximum atomic E-state index is 11.8. The number of hydrogen-bond donors (Lipinski definition) is 4. The molecule has 0 radical (unpaired) electrons. The minimum absolute atomic E-state index is 0.404. The summed E-state index contributed by atoms with van der Waals surface area (Å²) in [5.74, 6) is -1.59. The van der Waals surface area contributed by atoms with Crippen LogP contribution in [0.5, 0.6) is 0 Å². The Bertz CT molecular complexity index is 712. The van der Waals surface area contributed by atoms with Crippen LogP contribution in [0.2, 0.25) is 0 Å². The molecule has 5 N–H and O–H groups in total. The number of aliphatic carboxylic acids is 1. The van der Waals surface area contributed by atoms with Crippen molar-refractivity contribution in [2.45, 2.75) is 15.9 Å². The third kappa shape index (κ3) is 4.25. The Morgan fingerprint density at radius 3 is 2.30 bits per heavy atom. The van der Waals surface area contributed by atoms with Crippen molar-refractivity contribution in [3.63, 3.8) is 0 Å². The highest BCUT2D eigenvalue weighted by atomic mass is 32.2. The summed E-state index contributed by atoms with van der Waals surface area (Å²) in [5, 5.41) is 22.3. The van der Waals surface area contributed by atoms with Crippen molar-refractivity contribution in [1.29, 1.82) is 0 Å². The molecule has 1 aromatic rings. The molecule has 0 saturated heterocycles. The Morgan fingerprint density at radius 2 is 1.80 bits per heavy atom. The minimum Gasteiger partial charge on any atom is -0.479 e. The van der Waals surface area contributed by atoms with Crippen molar-refractivity contribution in [2.24, 2.45) is 5.14 Å². The van der Waals surface area contributed by atoms with Crippen LogP contribution in [0.4, 0.5) is 0 Å². The molecular formula is C9H12N2O7S2. The first-order valence-electron chi connectivity index (χ1n) is 5.07. The van der Waals surface area contributed by atoms with Crippen LogP contribution in [0, 0.1) is 0 Å². The first-order chi connectivity index (χ1) is 9.04.